The van der Waals surface area contributed by atoms with Gasteiger partial charge in [-0.1, -0.05) is 0 Å². The maximum Gasteiger partial charge on any atom is 0.254 e. The van der Waals surface area contributed by atoms with Crippen molar-refractivity contribution in [3.8, 4) is 28.5 Å². The number of hydrogen-bond acceptors (Lipinski definition) is 7. The molecule has 0 spiro atoms. The fraction of sp³-hybridized carbons (Fsp3) is 0.292. The number of hydrogen-bond donors (Lipinski definition) is 0. The average Bonchev–Trinajstić information content (AvgIpc) is 3.32. The third-order valence-corrected chi connectivity index (χ3v) is 5.62. The lowest BCUT2D eigenvalue weighted by atomic mass is 10.1. The van der Waals surface area contributed by atoms with Gasteiger partial charge < -0.3 is 24.0 Å². The molecule has 2 aliphatic heterocycles. The largest absolute Gasteiger partial charge is 0.494 e. The van der Waals surface area contributed by atoms with Crippen molar-refractivity contribution in [1.82, 2.24) is 14.9 Å². The molecule has 0 atom stereocenters. The van der Waals surface area contributed by atoms with E-state index in [-0.39, 0.29) is 12.7 Å². The van der Waals surface area contributed by atoms with Crippen molar-refractivity contribution in [2.24, 2.45) is 0 Å². The van der Waals surface area contributed by atoms with Crippen molar-refractivity contribution >= 4 is 11.7 Å². The topological polar surface area (TPSA) is 77.0 Å². The van der Waals surface area contributed by atoms with Gasteiger partial charge in [0.2, 0.25) is 6.79 Å². The summed E-state index contributed by atoms with van der Waals surface area (Å²) in [4.78, 5) is 25.9. The Morgan fingerprint density at radius 3 is 2.53 bits per heavy atom. The van der Waals surface area contributed by atoms with E-state index in [0.29, 0.717) is 49.8 Å². The lowest BCUT2D eigenvalue weighted by Crippen LogP contribution is -2.49. The SMILES string of the molecule is CCOc1ccc(-c2cc(N3CCN(C(=O)c4ccc5c(c4)OCO5)CC3)ncn2)cc1. The van der Waals surface area contributed by atoms with E-state index in [1.807, 2.05) is 42.2 Å². The number of amides is 1. The zero-order chi connectivity index (χ0) is 21.9. The number of ether oxygens (including phenoxy) is 3. The second kappa shape index (κ2) is 8.74. The first-order valence-corrected chi connectivity index (χ1v) is 10.7. The summed E-state index contributed by atoms with van der Waals surface area (Å²) in [7, 11) is 0. The number of benzene rings is 2. The van der Waals surface area contributed by atoms with Crippen LogP contribution in [0.5, 0.6) is 17.2 Å². The first-order chi connectivity index (χ1) is 15.7. The molecule has 8 heteroatoms. The zero-order valence-corrected chi connectivity index (χ0v) is 17.9. The summed E-state index contributed by atoms with van der Waals surface area (Å²) in [5.74, 6) is 3.00. The Hall–Kier alpha value is -3.81. The van der Waals surface area contributed by atoms with Crippen LogP contribution in [-0.2, 0) is 0 Å². The van der Waals surface area contributed by atoms with E-state index in [0.717, 1.165) is 22.8 Å². The number of carbonyl (C=O) groups is 1. The molecule has 0 N–H and O–H groups in total. The van der Waals surface area contributed by atoms with Gasteiger partial charge in [-0.25, -0.2) is 9.97 Å². The number of piperazine rings is 1. The first kappa shape index (κ1) is 20.1. The van der Waals surface area contributed by atoms with Crippen LogP contribution in [0.15, 0.2) is 54.9 Å². The highest BCUT2D eigenvalue weighted by Crippen LogP contribution is 2.33. The lowest BCUT2D eigenvalue weighted by molar-refractivity contribution is 0.0746. The van der Waals surface area contributed by atoms with Crippen molar-refractivity contribution < 1.29 is 19.0 Å². The van der Waals surface area contributed by atoms with Gasteiger partial charge >= 0.3 is 0 Å². The van der Waals surface area contributed by atoms with Crippen LogP contribution in [0.4, 0.5) is 5.82 Å². The van der Waals surface area contributed by atoms with Gasteiger partial charge in [-0.05, 0) is 49.4 Å². The van der Waals surface area contributed by atoms with Gasteiger partial charge in [0.15, 0.2) is 11.5 Å². The molecular weight excluding hydrogens is 408 g/mol. The van der Waals surface area contributed by atoms with Crippen LogP contribution in [-0.4, -0.2) is 60.4 Å². The summed E-state index contributed by atoms with van der Waals surface area (Å²) >= 11 is 0. The van der Waals surface area contributed by atoms with Crippen molar-refractivity contribution in [3.05, 3.63) is 60.4 Å². The summed E-state index contributed by atoms with van der Waals surface area (Å²) in [6, 6.07) is 15.2. The molecule has 0 unspecified atom stereocenters. The second-order valence-corrected chi connectivity index (χ2v) is 7.57. The molecule has 0 radical (unpaired) electrons. The molecule has 32 heavy (non-hydrogen) atoms. The van der Waals surface area contributed by atoms with E-state index in [2.05, 4.69) is 14.9 Å². The normalized spacial score (nSPS) is 15.0. The lowest BCUT2D eigenvalue weighted by Gasteiger charge is -2.35. The Balaban J connectivity index is 1.24. The number of carbonyl (C=O) groups excluding carboxylic acids is 1. The summed E-state index contributed by atoms with van der Waals surface area (Å²) in [6.07, 6.45) is 1.59. The zero-order valence-electron chi connectivity index (χ0n) is 17.9. The van der Waals surface area contributed by atoms with Crippen LogP contribution in [0.25, 0.3) is 11.3 Å². The molecule has 2 aliphatic rings. The molecule has 0 aliphatic carbocycles. The maximum absolute atomic E-state index is 12.9. The number of anilines is 1. The van der Waals surface area contributed by atoms with E-state index >= 15 is 0 Å². The quantitative estimate of drug-likeness (QED) is 0.613. The standard InChI is InChI=1S/C24H24N4O4/c1-2-30-19-6-3-17(4-7-19)20-14-23(26-15-25-20)27-9-11-28(12-10-27)24(29)18-5-8-21-22(13-18)32-16-31-21/h3-8,13-15H,2,9-12,16H2,1H3. The third kappa shape index (κ3) is 4.03. The minimum absolute atomic E-state index is 0.000662. The van der Waals surface area contributed by atoms with Crippen molar-refractivity contribution in [1.29, 1.82) is 0 Å². The third-order valence-electron chi connectivity index (χ3n) is 5.62. The molecule has 5 rings (SSSR count). The average molecular weight is 432 g/mol. The minimum Gasteiger partial charge on any atom is -0.494 e. The van der Waals surface area contributed by atoms with Gasteiger partial charge in [-0.3, -0.25) is 4.79 Å². The molecule has 0 bridgehead atoms. The molecular formula is C24H24N4O4. The van der Waals surface area contributed by atoms with Crippen LogP contribution in [0.3, 0.4) is 0 Å². The molecule has 1 fully saturated rings. The van der Waals surface area contributed by atoms with Crippen LogP contribution in [0.1, 0.15) is 17.3 Å². The molecule has 164 valence electrons. The molecule has 1 saturated heterocycles. The number of nitrogens with zero attached hydrogens (tertiary/aromatic N) is 4. The predicted octanol–water partition coefficient (Wildman–Crippen LogP) is 3.23. The van der Waals surface area contributed by atoms with Crippen molar-refractivity contribution in [3.63, 3.8) is 0 Å². The van der Waals surface area contributed by atoms with E-state index in [4.69, 9.17) is 14.2 Å². The van der Waals surface area contributed by atoms with Gasteiger partial charge in [-0.15, -0.1) is 0 Å². The number of fused-ring (bicyclic) bond motifs is 1. The Bertz CT molecular complexity index is 1110. The highest BCUT2D eigenvalue weighted by atomic mass is 16.7. The van der Waals surface area contributed by atoms with Gasteiger partial charge in [0.1, 0.15) is 17.9 Å². The molecule has 1 amide bonds. The smallest absolute Gasteiger partial charge is 0.254 e. The summed E-state index contributed by atoms with van der Waals surface area (Å²) in [5.41, 5.74) is 2.48. The Morgan fingerprint density at radius 2 is 1.75 bits per heavy atom. The van der Waals surface area contributed by atoms with Gasteiger partial charge in [0.25, 0.3) is 5.91 Å². The van der Waals surface area contributed by atoms with E-state index in [1.54, 1.807) is 24.5 Å². The summed E-state index contributed by atoms with van der Waals surface area (Å²) in [6.45, 7) is 5.45. The Kier molecular flexibility index (Phi) is 5.49. The molecule has 8 nitrogen and oxygen atoms in total. The number of rotatable bonds is 5. The molecule has 2 aromatic carbocycles. The van der Waals surface area contributed by atoms with Crippen LogP contribution in [0, 0.1) is 0 Å². The number of aromatic nitrogens is 2. The Labute approximate surface area is 186 Å². The van der Waals surface area contributed by atoms with E-state index < -0.39 is 0 Å². The Morgan fingerprint density at radius 1 is 0.969 bits per heavy atom. The molecule has 3 heterocycles. The summed E-state index contributed by atoms with van der Waals surface area (Å²) < 4.78 is 16.2. The van der Waals surface area contributed by atoms with E-state index in [1.165, 1.54) is 0 Å². The van der Waals surface area contributed by atoms with E-state index in [9.17, 15) is 4.79 Å². The second-order valence-electron chi connectivity index (χ2n) is 7.57. The van der Waals surface area contributed by atoms with Gasteiger partial charge in [0.05, 0.1) is 12.3 Å². The minimum atomic E-state index is 0.000662. The molecule has 3 aromatic rings. The fourth-order valence-corrected chi connectivity index (χ4v) is 3.92. The summed E-state index contributed by atoms with van der Waals surface area (Å²) in [5, 5.41) is 0. The molecule has 1 aromatic heterocycles. The maximum atomic E-state index is 12.9. The highest BCUT2D eigenvalue weighted by Gasteiger charge is 2.25. The van der Waals surface area contributed by atoms with Crippen molar-refractivity contribution in [2.75, 3.05) is 44.5 Å². The van der Waals surface area contributed by atoms with Crippen molar-refractivity contribution in [2.45, 2.75) is 6.92 Å². The van der Waals surface area contributed by atoms with Crippen LogP contribution < -0.4 is 19.1 Å². The van der Waals surface area contributed by atoms with Gasteiger partial charge in [-0.2, -0.15) is 0 Å². The predicted molar refractivity (Wildman–Crippen MR) is 119 cm³/mol. The monoisotopic (exact) mass is 432 g/mol. The fourth-order valence-electron chi connectivity index (χ4n) is 3.92. The van der Waals surface area contributed by atoms with Gasteiger partial charge in [0, 0.05) is 43.4 Å². The van der Waals surface area contributed by atoms with Crippen LogP contribution >= 0.6 is 0 Å². The molecule has 0 saturated carbocycles. The highest BCUT2D eigenvalue weighted by molar-refractivity contribution is 5.95. The van der Waals surface area contributed by atoms with Crippen LogP contribution in [0.2, 0.25) is 0 Å². The first-order valence-electron chi connectivity index (χ1n) is 10.7.